The third-order valence-electron chi connectivity index (χ3n) is 3.30. The van der Waals surface area contributed by atoms with Crippen molar-refractivity contribution in [3.8, 4) is 0 Å². The Morgan fingerprint density at radius 1 is 1.42 bits per heavy atom. The van der Waals surface area contributed by atoms with Crippen LogP contribution < -0.4 is 0 Å². The molecule has 0 saturated carbocycles. The molecule has 1 rings (SSSR count). The lowest BCUT2D eigenvalue weighted by molar-refractivity contribution is -0.0400. The Morgan fingerprint density at radius 2 is 2.11 bits per heavy atom. The highest BCUT2D eigenvalue weighted by atomic mass is 32.2. The van der Waals surface area contributed by atoms with Crippen LogP contribution in [0.1, 0.15) is 13.3 Å². The van der Waals surface area contributed by atoms with Crippen molar-refractivity contribution in [3.05, 3.63) is 0 Å². The SMILES string of the molecule is COCC(C)OCC(O)CN(C)C1CCS(=O)(=O)C1. The standard InChI is InChI=1S/C12H25NO5S/c1-10(7-17-3)18-8-12(14)6-13(2)11-4-5-19(15,16)9-11/h10-12,14H,4-9H2,1-3H3. The van der Waals surface area contributed by atoms with Crippen LogP contribution in [-0.2, 0) is 19.3 Å². The summed E-state index contributed by atoms with van der Waals surface area (Å²) in [5, 5.41) is 9.87. The molecule has 1 aliphatic heterocycles. The summed E-state index contributed by atoms with van der Waals surface area (Å²) in [6.07, 6.45) is -0.0311. The van der Waals surface area contributed by atoms with Crippen molar-refractivity contribution in [2.45, 2.75) is 31.6 Å². The molecule has 6 nitrogen and oxygen atoms in total. The van der Waals surface area contributed by atoms with E-state index in [0.29, 0.717) is 19.6 Å². The first kappa shape index (κ1) is 16.8. The summed E-state index contributed by atoms with van der Waals surface area (Å²) in [6.45, 7) is 3.02. The molecule has 1 aliphatic rings. The van der Waals surface area contributed by atoms with Gasteiger partial charge < -0.3 is 14.6 Å². The number of aliphatic hydroxyl groups excluding tert-OH is 1. The molecule has 19 heavy (non-hydrogen) atoms. The molecular formula is C12H25NO5S. The smallest absolute Gasteiger partial charge is 0.151 e. The molecule has 0 aromatic carbocycles. The molecule has 3 unspecified atom stereocenters. The van der Waals surface area contributed by atoms with Crippen LogP contribution in [-0.4, -0.2) is 82.1 Å². The van der Waals surface area contributed by atoms with E-state index in [9.17, 15) is 13.5 Å². The fourth-order valence-corrected chi connectivity index (χ4v) is 4.02. The molecule has 0 aliphatic carbocycles. The molecule has 1 heterocycles. The molecule has 1 N–H and O–H groups in total. The zero-order valence-corrected chi connectivity index (χ0v) is 12.7. The first-order valence-electron chi connectivity index (χ1n) is 6.53. The Bertz CT molecular complexity index is 359. The van der Waals surface area contributed by atoms with Gasteiger partial charge in [-0.2, -0.15) is 0 Å². The molecule has 0 spiro atoms. The van der Waals surface area contributed by atoms with Crippen LogP contribution in [0.5, 0.6) is 0 Å². The second-order valence-electron chi connectivity index (χ2n) is 5.25. The highest BCUT2D eigenvalue weighted by Crippen LogP contribution is 2.16. The first-order valence-corrected chi connectivity index (χ1v) is 8.35. The molecular weight excluding hydrogens is 270 g/mol. The van der Waals surface area contributed by atoms with Crippen LogP contribution in [0.2, 0.25) is 0 Å². The van der Waals surface area contributed by atoms with Gasteiger partial charge in [0.25, 0.3) is 0 Å². The molecule has 0 radical (unpaired) electrons. The second-order valence-corrected chi connectivity index (χ2v) is 7.48. The van der Waals surface area contributed by atoms with E-state index >= 15 is 0 Å². The largest absolute Gasteiger partial charge is 0.389 e. The fraction of sp³-hybridized carbons (Fsp3) is 1.00. The fourth-order valence-electron chi connectivity index (χ4n) is 2.22. The first-order chi connectivity index (χ1) is 8.84. The van der Waals surface area contributed by atoms with E-state index in [1.807, 2.05) is 18.9 Å². The van der Waals surface area contributed by atoms with Gasteiger partial charge in [0.2, 0.25) is 0 Å². The number of sulfone groups is 1. The minimum Gasteiger partial charge on any atom is -0.389 e. The van der Waals surface area contributed by atoms with Crippen LogP contribution >= 0.6 is 0 Å². The van der Waals surface area contributed by atoms with E-state index in [2.05, 4.69) is 0 Å². The highest BCUT2D eigenvalue weighted by molar-refractivity contribution is 7.91. The highest BCUT2D eigenvalue weighted by Gasteiger charge is 2.31. The summed E-state index contributed by atoms with van der Waals surface area (Å²) in [4.78, 5) is 1.90. The van der Waals surface area contributed by atoms with Gasteiger partial charge in [-0.25, -0.2) is 8.42 Å². The van der Waals surface area contributed by atoms with E-state index in [4.69, 9.17) is 9.47 Å². The Morgan fingerprint density at radius 3 is 2.63 bits per heavy atom. The lowest BCUT2D eigenvalue weighted by Gasteiger charge is -2.26. The van der Waals surface area contributed by atoms with Crippen molar-refractivity contribution in [3.63, 3.8) is 0 Å². The maximum absolute atomic E-state index is 11.4. The predicted octanol–water partition coefficient (Wildman–Crippen LogP) is -0.482. The Balaban J connectivity index is 2.26. The Hall–Kier alpha value is -0.210. The Kier molecular flexibility index (Phi) is 6.68. The third-order valence-corrected chi connectivity index (χ3v) is 5.06. The van der Waals surface area contributed by atoms with Crippen LogP contribution in [0.15, 0.2) is 0 Å². The van der Waals surface area contributed by atoms with Gasteiger partial charge in [0.15, 0.2) is 9.84 Å². The number of methoxy groups -OCH3 is 1. The molecule has 0 amide bonds. The minimum atomic E-state index is -2.88. The van der Waals surface area contributed by atoms with Crippen molar-refractivity contribution < 1.29 is 23.0 Å². The molecule has 114 valence electrons. The van der Waals surface area contributed by atoms with Gasteiger partial charge in [-0.05, 0) is 20.4 Å². The van der Waals surface area contributed by atoms with Crippen LogP contribution in [0.4, 0.5) is 0 Å². The number of hydrogen-bond acceptors (Lipinski definition) is 6. The monoisotopic (exact) mass is 295 g/mol. The maximum atomic E-state index is 11.4. The predicted molar refractivity (Wildman–Crippen MR) is 73.0 cm³/mol. The average Bonchev–Trinajstić information content (AvgIpc) is 2.67. The van der Waals surface area contributed by atoms with Crippen molar-refractivity contribution in [2.75, 3.05) is 45.4 Å². The lowest BCUT2D eigenvalue weighted by Crippen LogP contribution is -2.40. The van der Waals surface area contributed by atoms with Gasteiger partial charge in [-0.1, -0.05) is 0 Å². The quantitative estimate of drug-likeness (QED) is 0.652. The number of nitrogens with zero attached hydrogens (tertiary/aromatic N) is 1. The molecule has 7 heteroatoms. The molecule has 3 atom stereocenters. The topological polar surface area (TPSA) is 76.1 Å². The van der Waals surface area contributed by atoms with E-state index < -0.39 is 15.9 Å². The molecule has 1 fully saturated rings. The summed E-state index contributed by atoms with van der Waals surface area (Å²) in [6, 6.07) is 0.0102. The van der Waals surface area contributed by atoms with Crippen LogP contribution in [0, 0.1) is 0 Å². The molecule has 0 bridgehead atoms. The van der Waals surface area contributed by atoms with Gasteiger partial charge in [-0.3, -0.25) is 4.90 Å². The second kappa shape index (κ2) is 7.54. The molecule has 0 aromatic rings. The average molecular weight is 295 g/mol. The van der Waals surface area contributed by atoms with E-state index in [1.165, 1.54) is 0 Å². The maximum Gasteiger partial charge on any atom is 0.151 e. The van der Waals surface area contributed by atoms with Crippen LogP contribution in [0.25, 0.3) is 0 Å². The molecule has 0 aromatic heterocycles. The van der Waals surface area contributed by atoms with Crippen molar-refractivity contribution in [1.29, 1.82) is 0 Å². The summed E-state index contributed by atoms with van der Waals surface area (Å²) in [5.74, 6) is 0.441. The number of rotatable bonds is 8. The third kappa shape index (κ3) is 6.18. The van der Waals surface area contributed by atoms with Gasteiger partial charge in [0.05, 0.1) is 36.9 Å². The number of aliphatic hydroxyl groups is 1. The number of hydrogen-bond donors (Lipinski definition) is 1. The van der Waals surface area contributed by atoms with E-state index in [-0.39, 0.29) is 30.3 Å². The number of ether oxygens (including phenoxy) is 2. The summed E-state index contributed by atoms with van der Waals surface area (Å²) >= 11 is 0. The minimum absolute atomic E-state index is 0.0102. The van der Waals surface area contributed by atoms with Crippen molar-refractivity contribution in [2.24, 2.45) is 0 Å². The zero-order chi connectivity index (χ0) is 14.5. The van der Waals surface area contributed by atoms with Gasteiger partial charge >= 0.3 is 0 Å². The van der Waals surface area contributed by atoms with Gasteiger partial charge in [0.1, 0.15) is 0 Å². The van der Waals surface area contributed by atoms with Crippen molar-refractivity contribution in [1.82, 2.24) is 4.90 Å². The summed E-state index contributed by atoms with van der Waals surface area (Å²) in [5.41, 5.74) is 0. The van der Waals surface area contributed by atoms with Crippen LogP contribution in [0.3, 0.4) is 0 Å². The number of likely N-dealkylation sites (N-methyl/N-ethyl adjacent to an activating group) is 1. The van der Waals surface area contributed by atoms with Gasteiger partial charge in [0, 0.05) is 19.7 Å². The normalized spacial score (nSPS) is 25.6. The summed E-state index contributed by atoms with van der Waals surface area (Å²) in [7, 11) is 0.562. The van der Waals surface area contributed by atoms with Crippen molar-refractivity contribution >= 4 is 9.84 Å². The van der Waals surface area contributed by atoms with E-state index in [0.717, 1.165) is 0 Å². The zero-order valence-electron chi connectivity index (χ0n) is 11.9. The van der Waals surface area contributed by atoms with Gasteiger partial charge in [-0.15, -0.1) is 0 Å². The Labute approximate surface area is 115 Å². The summed E-state index contributed by atoms with van der Waals surface area (Å²) < 4.78 is 33.1. The lowest BCUT2D eigenvalue weighted by atomic mass is 10.2. The molecule has 1 saturated heterocycles. The van der Waals surface area contributed by atoms with E-state index in [1.54, 1.807) is 7.11 Å².